The van der Waals surface area contributed by atoms with Crippen LogP contribution in [0.3, 0.4) is 0 Å². The van der Waals surface area contributed by atoms with Crippen molar-refractivity contribution in [1.29, 1.82) is 0 Å². The van der Waals surface area contributed by atoms with Crippen molar-refractivity contribution in [2.24, 2.45) is 0 Å². The largest absolute Gasteiger partial charge is 0.487 e. The van der Waals surface area contributed by atoms with Crippen molar-refractivity contribution in [3.05, 3.63) is 35.9 Å². The van der Waals surface area contributed by atoms with Crippen LogP contribution in [0.4, 0.5) is 4.39 Å². The van der Waals surface area contributed by atoms with Crippen molar-refractivity contribution in [3.63, 3.8) is 0 Å². The molecule has 3 atom stereocenters. The summed E-state index contributed by atoms with van der Waals surface area (Å²) in [5.74, 6) is 0.0665. The average molecular weight is 304 g/mol. The molecule has 5 heteroatoms. The van der Waals surface area contributed by atoms with E-state index in [1.54, 1.807) is 13.3 Å². The van der Waals surface area contributed by atoms with E-state index < -0.39 is 5.95 Å². The van der Waals surface area contributed by atoms with Crippen molar-refractivity contribution in [1.82, 2.24) is 10.3 Å². The average Bonchev–Trinajstić information content (AvgIpc) is 3.23. The van der Waals surface area contributed by atoms with Gasteiger partial charge in [-0.3, -0.25) is 0 Å². The van der Waals surface area contributed by atoms with E-state index in [0.29, 0.717) is 23.6 Å². The Bertz CT molecular complexity index is 672. The Hall–Kier alpha value is -1.46. The number of aromatic nitrogens is 1. The Morgan fingerprint density at radius 2 is 2.29 bits per heavy atom. The number of nitrogens with one attached hydrogen (secondary N) is 1. The van der Waals surface area contributed by atoms with E-state index >= 15 is 0 Å². The van der Waals surface area contributed by atoms with Gasteiger partial charge >= 0.3 is 0 Å². The number of ether oxygens (including phenoxy) is 1. The lowest BCUT2D eigenvalue weighted by atomic mass is 9.84. The molecule has 3 unspecified atom stereocenters. The quantitative estimate of drug-likeness (QED) is 0.880. The van der Waals surface area contributed by atoms with Crippen LogP contribution in [0.5, 0.6) is 5.06 Å². The van der Waals surface area contributed by atoms with Gasteiger partial charge in [-0.15, -0.1) is 0 Å². The maximum absolute atomic E-state index is 14.1. The molecule has 0 saturated carbocycles. The van der Waals surface area contributed by atoms with Crippen LogP contribution in [0.1, 0.15) is 30.7 Å². The highest BCUT2D eigenvalue weighted by molar-refractivity contribution is 7.17. The van der Waals surface area contributed by atoms with E-state index in [0.717, 1.165) is 21.9 Å². The molecule has 2 aliphatic rings. The van der Waals surface area contributed by atoms with E-state index in [1.165, 1.54) is 24.2 Å². The third kappa shape index (κ3) is 2.24. The summed E-state index contributed by atoms with van der Waals surface area (Å²) in [4.78, 5) is 4.86. The predicted molar refractivity (Wildman–Crippen MR) is 81.4 cm³/mol. The van der Waals surface area contributed by atoms with Gasteiger partial charge in [-0.1, -0.05) is 11.3 Å². The molecule has 2 bridgehead atoms. The molecule has 4 heterocycles. The molecule has 0 aliphatic carbocycles. The maximum atomic E-state index is 14.1. The second-order valence-corrected chi connectivity index (χ2v) is 6.87. The topological polar surface area (TPSA) is 34.1 Å². The number of methoxy groups -OCH3 is 1. The molecule has 2 fully saturated rings. The molecule has 0 spiro atoms. The molecule has 3 nitrogen and oxygen atoms in total. The van der Waals surface area contributed by atoms with E-state index in [2.05, 4.69) is 10.3 Å². The first-order chi connectivity index (χ1) is 10.2. The molecule has 110 valence electrons. The van der Waals surface area contributed by atoms with Gasteiger partial charge in [0.15, 0.2) is 5.06 Å². The molecule has 4 rings (SSSR count). The standard InChI is InChI=1S/C16H17FN2OS/c1-20-15-5-4-14(21-15)12-6-9(8-18-16(12)17)11-7-10-2-3-13(11)19-10/h4-6,8,10-11,13,19H,2-3,7H2,1H3. The van der Waals surface area contributed by atoms with Crippen LogP contribution in [0.15, 0.2) is 24.4 Å². The fourth-order valence-electron chi connectivity index (χ4n) is 3.61. The Labute approximate surface area is 127 Å². The minimum absolute atomic E-state index is 0.403. The summed E-state index contributed by atoms with van der Waals surface area (Å²) in [6.45, 7) is 0. The Morgan fingerprint density at radius 3 is 2.95 bits per heavy atom. The highest BCUT2D eigenvalue weighted by atomic mass is 32.1. The minimum Gasteiger partial charge on any atom is -0.487 e. The lowest BCUT2D eigenvalue weighted by molar-refractivity contribution is 0.427. The number of pyridine rings is 1. The predicted octanol–water partition coefficient (Wildman–Crippen LogP) is 3.57. The van der Waals surface area contributed by atoms with E-state index in [1.807, 2.05) is 18.2 Å². The van der Waals surface area contributed by atoms with Crippen LogP contribution in [0.2, 0.25) is 0 Å². The lowest BCUT2D eigenvalue weighted by Gasteiger charge is -2.20. The third-order valence-electron chi connectivity index (χ3n) is 4.64. The van der Waals surface area contributed by atoms with Crippen LogP contribution in [-0.4, -0.2) is 24.2 Å². The molecule has 0 aromatic carbocycles. The molecule has 0 radical (unpaired) electrons. The molecule has 2 aromatic heterocycles. The third-order valence-corrected chi connectivity index (χ3v) is 5.72. The highest BCUT2D eigenvalue weighted by Crippen LogP contribution is 2.41. The zero-order valence-electron chi connectivity index (χ0n) is 11.8. The number of hydrogen-bond acceptors (Lipinski definition) is 4. The number of nitrogens with zero attached hydrogens (tertiary/aromatic N) is 1. The van der Waals surface area contributed by atoms with E-state index in [9.17, 15) is 4.39 Å². The first-order valence-electron chi connectivity index (χ1n) is 7.30. The lowest BCUT2D eigenvalue weighted by Crippen LogP contribution is -2.21. The van der Waals surface area contributed by atoms with Crippen LogP contribution in [0, 0.1) is 5.95 Å². The van der Waals surface area contributed by atoms with Gasteiger partial charge in [0.2, 0.25) is 5.95 Å². The summed E-state index contributed by atoms with van der Waals surface area (Å²) in [5, 5.41) is 4.41. The van der Waals surface area contributed by atoms with Crippen molar-refractivity contribution in [2.75, 3.05) is 7.11 Å². The van der Waals surface area contributed by atoms with Crippen molar-refractivity contribution in [3.8, 4) is 15.5 Å². The van der Waals surface area contributed by atoms with Gasteiger partial charge in [0.1, 0.15) is 0 Å². The number of halogens is 1. The zero-order valence-corrected chi connectivity index (χ0v) is 12.6. The highest BCUT2D eigenvalue weighted by Gasteiger charge is 2.40. The maximum Gasteiger partial charge on any atom is 0.221 e. The van der Waals surface area contributed by atoms with Crippen LogP contribution in [0.25, 0.3) is 10.4 Å². The van der Waals surface area contributed by atoms with E-state index in [-0.39, 0.29) is 0 Å². The summed E-state index contributed by atoms with van der Waals surface area (Å²) in [7, 11) is 1.63. The number of thiophene rings is 1. The first-order valence-corrected chi connectivity index (χ1v) is 8.12. The Kier molecular flexibility index (Phi) is 3.19. The second kappa shape index (κ2) is 5.07. The molecule has 0 amide bonds. The number of fused-ring (bicyclic) bond motifs is 2. The van der Waals surface area contributed by atoms with E-state index in [4.69, 9.17) is 4.74 Å². The Balaban J connectivity index is 1.69. The smallest absolute Gasteiger partial charge is 0.221 e. The molecular weight excluding hydrogens is 287 g/mol. The normalized spacial score (nSPS) is 27.2. The van der Waals surface area contributed by atoms with Crippen LogP contribution in [-0.2, 0) is 0 Å². The summed E-state index contributed by atoms with van der Waals surface area (Å²) in [6, 6.07) is 6.90. The molecular formula is C16H17FN2OS. The van der Waals surface area contributed by atoms with Crippen LogP contribution < -0.4 is 10.1 Å². The van der Waals surface area contributed by atoms with Crippen molar-refractivity contribution < 1.29 is 9.13 Å². The monoisotopic (exact) mass is 304 g/mol. The molecule has 1 N–H and O–H groups in total. The fraction of sp³-hybridized carbons (Fsp3) is 0.438. The summed E-state index contributed by atoms with van der Waals surface area (Å²) >= 11 is 1.45. The van der Waals surface area contributed by atoms with Gasteiger partial charge in [0, 0.05) is 34.6 Å². The SMILES string of the molecule is COc1ccc(-c2cc(C3CC4CCC3N4)cnc2F)s1. The minimum atomic E-state index is -0.403. The van der Waals surface area contributed by atoms with Gasteiger partial charge in [0.25, 0.3) is 0 Å². The molecule has 21 heavy (non-hydrogen) atoms. The summed E-state index contributed by atoms with van der Waals surface area (Å²) in [5.41, 5.74) is 1.74. The molecule has 2 saturated heterocycles. The van der Waals surface area contributed by atoms with Crippen molar-refractivity contribution in [2.45, 2.75) is 37.3 Å². The summed E-state index contributed by atoms with van der Waals surface area (Å²) < 4.78 is 19.3. The number of rotatable bonds is 3. The van der Waals surface area contributed by atoms with Crippen LogP contribution >= 0.6 is 11.3 Å². The van der Waals surface area contributed by atoms with Gasteiger partial charge in [-0.2, -0.15) is 4.39 Å². The molecule has 2 aromatic rings. The van der Waals surface area contributed by atoms with Gasteiger partial charge in [-0.05, 0) is 43.0 Å². The van der Waals surface area contributed by atoms with Gasteiger partial charge < -0.3 is 10.1 Å². The fourth-order valence-corrected chi connectivity index (χ4v) is 4.43. The second-order valence-electron chi connectivity index (χ2n) is 5.82. The van der Waals surface area contributed by atoms with Gasteiger partial charge in [-0.25, -0.2) is 4.98 Å². The number of hydrogen-bond donors (Lipinski definition) is 1. The summed E-state index contributed by atoms with van der Waals surface area (Å²) in [6.07, 6.45) is 5.33. The Morgan fingerprint density at radius 1 is 1.38 bits per heavy atom. The first kappa shape index (κ1) is 13.2. The van der Waals surface area contributed by atoms with Gasteiger partial charge in [0.05, 0.1) is 7.11 Å². The zero-order chi connectivity index (χ0) is 14.4. The molecule has 2 aliphatic heterocycles. The van der Waals surface area contributed by atoms with Crippen molar-refractivity contribution >= 4 is 11.3 Å².